The molecule has 0 spiro atoms. The normalized spacial score (nSPS) is 10.4. The number of benzene rings is 2. The van der Waals surface area contributed by atoms with Gasteiger partial charge in [-0.05, 0) is 36.8 Å². The van der Waals surface area contributed by atoms with Crippen LogP contribution in [0.25, 0.3) is 10.9 Å². The minimum atomic E-state index is 0.437. The molecule has 0 aliphatic heterocycles. The van der Waals surface area contributed by atoms with Crippen LogP contribution in [0.2, 0.25) is 5.02 Å². The zero-order valence-corrected chi connectivity index (χ0v) is 14.8. The average molecular weight is 354 g/mol. The standard InChI is InChI=1S/C19H16ClN3O2/c1-11-6-17(18(25-3)9-15(11)20)23-19-13(10-21)7-12-4-5-14(24-2)8-16(12)22-19/h4-9H,1-3H3,(H,22,23). The SMILES string of the molecule is COc1ccc2cc(C#N)c(Nc3cc(C)c(Cl)cc3OC)nc2c1. The summed E-state index contributed by atoms with van der Waals surface area (Å²) in [4.78, 5) is 4.58. The number of pyridine rings is 1. The van der Waals surface area contributed by atoms with Gasteiger partial charge in [-0.2, -0.15) is 5.26 Å². The fourth-order valence-corrected chi connectivity index (χ4v) is 2.67. The van der Waals surface area contributed by atoms with Gasteiger partial charge < -0.3 is 14.8 Å². The molecule has 0 fully saturated rings. The second-order valence-corrected chi connectivity index (χ2v) is 5.89. The largest absolute Gasteiger partial charge is 0.497 e. The van der Waals surface area contributed by atoms with Crippen molar-refractivity contribution in [3.05, 3.63) is 52.5 Å². The highest BCUT2D eigenvalue weighted by molar-refractivity contribution is 6.31. The fraction of sp³-hybridized carbons (Fsp3) is 0.158. The van der Waals surface area contributed by atoms with E-state index in [1.54, 1.807) is 26.4 Å². The van der Waals surface area contributed by atoms with Crippen LogP contribution in [-0.2, 0) is 0 Å². The Morgan fingerprint density at radius 3 is 2.60 bits per heavy atom. The minimum Gasteiger partial charge on any atom is -0.497 e. The molecule has 2 aromatic carbocycles. The van der Waals surface area contributed by atoms with Crippen molar-refractivity contribution >= 4 is 34.0 Å². The topological polar surface area (TPSA) is 67.2 Å². The number of nitriles is 1. The summed E-state index contributed by atoms with van der Waals surface area (Å²) in [7, 11) is 3.17. The lowest BCUT2D eigenvalue weighted by atomic mass is 10.1. The molecule has 0 saturated heterocycles. The molecule has 6 heteroatoms. The van der Waals surface area contributed by atoms with Gasteiger partial charge in [-0.1, -0.05) is 11.6 Å². The highest BCUT2D eigenvalue weighted by atomic mass is 35.5. The summed E-state index contributed by atoms with van der Waals surface area (Å²) >= 11 is 6.15. The van der Waals surface area contributed by atoms with E-state index < -0.39 is 0 Å². The molecular formula is C19H16ClN3O2. The minimum absolute atomic E-state index is 0.437. The smallest absolute Gasteiger partial charge is 0.149 e. The fourth-order valence-electron chi connectivity index (χ4n) is 2.51. The van der Waals surface area contributed by atoms with Crippen molar-refractivity contribution < 1.29 is 9.47 Å². The number of aromatic nitrogens is 1. The van der Waals surface area contributed by atoms with E-state index in [-0.39, 0.29) is 0 Å². The Labute approximate surface area is 150 Å². The first-order valence-corrected chi connectivity index (χ1v) is 7.93. The van der Waals surface area contributed by atoms with Crippen LogP contribution < -0.4 is 14.8 Å². The van der Waals surface area contributed by atoms with Crippen molar-refractivity contribution in [3.63, 3.8) is 0 Å². The van der Waals surface area contributed by atoms with E-state index in [9.17, 15) is 5.26 Å². The zero-order chi connectivity index (χ0) is 18.0. The quantitative estimate of drug-likeness (QED) is 0.727. The summed E-state index contributed by atoms with van der Waals surface area (Å²) in [6.45, 7) is 1.90. The third-order valence-corrected chi connectivity index (χ3v) is 4.29. The second-order valence-electron chi connectivity index (χ2n) is 5.48. The number of aryl methyl sites for hydroxylation is 1. The zero-order valence-electron chi connectivity index (χ0n) is 14.1. The van der Waals surface area contributed by atoms with Crippen LogP contribution in [-0.4, -0.2) is 19.2 Å². The summed E-state index contributed by atoms with van der Waals surface area (Å²) in [5.41, 5.74) is 2.75. The molecule has 0 unspecified atom stereocenters. The van der Waals surface area contributed by atoms with Crippen LogP contribution in [0.3, 0.4) is 0 Å². The molecule has 0 bridgehead atoms. The van der Waals surface area contributed by atoms with E-state index in [2.05, 4.69) is 16.4 Å². The summed E-state index contributed by atoms with van der Waals surface area (Å²) < 4.78 is 10.6. The van der Waals surface area contributed by atoms with E-state index >= 15 is 0 Å². The van der Waals surface area contributed by atoms with Gasteiger partial charge in [0.15, 0.2) is 0 Å². The van der Waals surface area contributed by atoms with Crippen LogP contribution in [0.15, 0.2) is 36.4 Å². The Kier molecular flexibility index (Phi) is 4.64. The van der Waals surface area contributed by atoms with Crippen molar-refractivity contribution in [1.29, 1.82) is 5.26 Å². The number of nitrogens with one attached hydrogen (secondary N) is 1. The predicted molar refractivity (Wildman–Crippen MR) is 99.0 cm³/mol. The Morgan fingerprint density at radius 1 is 1.12 bits per heavy atom. The lowest BCUT2D eigenvalue weighted by Crippen LogP contribution is -2.00. The van der Waals surface area contributed by atoms with Crippen LogP contribution in [0, 0.1) is 18.3 Å². The Morgan fingerprint density at radius 2 is 1.92 bits per heavy atom. The Bertz CT molecular complexity index is 996. The second kappa shape index (κ2) is 6.88. The maximum Gasteiger partial charge on any atom is 0.149 e. The van der Waals surface area contributed by atoms with Crippen LogP contribution in [0.4, 0.5) is 11.5 Å². The highest BCUT2D eigenvalue weighted by Gasteiger charge is 2.12. The number of methoxy groups -OCH3 is 2. The highest BCUT2D eigenvalue weighted by Crippen LogP contribution is 2.34. The molecule has 25 heavy (non-hydrogen) atoms. The number of hydrogen-bond acceptors (Lipinski definition) is 5. The Hall–Kier alpha value is -2.97. The summed E-state index contributed by atoms with van der Waals surface area (Å²) in [5, 5.41) is 14.1. The van der Waals surface area contributed by atoms with E-state index in [1.165, 1.54) is 0 Å². The van der Waals surface area contributed by atoms with Gasteiger partial charge >= 0.3 is 0 Å². The molecule has 0 aliphatic carbocycles. The molecule has 0 atom stereocenters. The van der Waals surface area contributed by atoms with E-state index in [4.69, 9.17) is 21.1 Å². The molecule has 5 nitrogen and oxygen atoms in total. The first-order chi connectivity index (χ1) is 12.0. The lowest BCUT2D eigenvalue weighted by molar-refractivity contribution is 0.415. The van der Waals surface area contributed by atoms with Gasteiger partial charge in [0, 0.05) is 22.5 Å². The molecule has 1 N–H and O–H groups in total. The van der Waals surface area contributed by atoms with Crippen LogP contribution >= 0.6 is 11.6 Å². The average Bonchev–Trinajstić information content (AvgIpc) is 2.63. The lowest BCUT2D eigenvalue weighted by Gasteiger charge is -2.14. The molecule has 1 heterocycles. The molecule has 3 rings (SSSR count). The van der Waals surface area contributed by atoms with Crippen molar-refractivity contribution in [2.45, 2.75) is 6.92 Å². The van der Waals surface area contributed by atoms with Crippen molar-refractivity contribution in [3.8, 4) is 17.6 Å². The van der Waals surface area contributed by atoms with Gasteiger partial charge in [0.1, 0.15) is 23.4 Å². The third-order valence-electron chi connectivity index (χ3n) is 3.88. The van der Waals surface area contributed by atoms with E-state index in [0.717, 1.165) is 16.5 Å². The maximum absolute atomic E-state index is 9.47. The predicted octanol–water partition coefficient (Wildman–Crippen LogP) is 4.83. The summed E-state index contributed by atoms with van der Waals surface area (Å²) in [6, 6.07) is 13.1. The van der Waals surface area contributed by atoms with Gasteiger partial charge in [-0.15, -0.1) is 0 Å². The van der Waals surface area contributed by atoms with Gasteiger partial charge in [0.2, 0.25) is 0 Å². The molecule has 0 aliphatic rings. The number of anilines is 2. The Balaban J connectivity index is 2.12. The van der Waals surface area contributed by atoms with E-state index in [0.29, 0.717) is 33.6 Å². The monoisotopic (exact) mass is 353 g/mol. The number of nitrogens with zero attached hydrogens (tertiary/aromatic N) is 2. The summed E-state index contributed by atoms with van der Waals surface area (Å²) in [5.74, 6) is 1.73. The van der Waals surface area contributed by atoms with Gasteiger partial charge in [0.05, 0.1) is 31.0 Å². The van der Waals surface area contributed by atoms with Gasteiger partial charge in [0.25, 0.3) is 0 Å². The van der Waals surface area contributed by atoms with Crippen molar-refractivity contribution in [2.24, 2.45) is 0 Å². The maximum atomic E-state index is 9.47. The number of hydrogen-bond donors (Lipinski definition) is 1. The molecule has 1 aromatic heterocycles. The number of fused-ring (bicyclic) bond motifs is 1. The van der Waals surface area contributed by atoms with Crippen molar-refractivity contribution in [1.82, 2.24) is 4.98 Å². The first-order valence-electron chi connectivity index (χ1n) is 7.55. The third kappa shape index (κ3) is 3.30. The molecule has 0 amide bonds. The molecule has 3 aromatic rings. The molecule has 126 valence electrons. The van der Waals surface area contributed by atoms with Crippen LogP contribution in [0.1, 0.15) is 11.1 Å². The van der Waals surface area contributed by atoms with E-state index in [1.807, 2.05) is 31.2 Å². The number of rotatable bonds is 4. The molecule has 0 saturated carbocycles. The molecular weight excluding hydrogens is 338 g/mol. The van der Waals surface area contributed by atoms with Gasteiger partial charge in [-0.3, -0.25) is 0 Å². The summed E-state index contributed by atoms with van der Waals surface area (Å²) in [6.07, 6.45) is 0. The molecule has 0 radical (unpaired) electrons. The first kappa shape index (κ1) is 16.9. The number of halogens is 1. The van der Waals surface area contributed by atoms with Crippen LogP contribution in [0.5, 0.6) is 11.5 Å². The van der Waals surface area contributed by atoms with Crippen molar-refractivity contribution in [2.75, 3.05) is 19.5 Å². The number of ether oxygens (including phenoxy) is 2. The van der Waals surface area contributed by atoms with Gasteiger partial charge in [-0.25, -0.2) is 4.98 Å².